The summed E-state index contributed by atoms with van der Waals surface area (Å²) in [5, 5.41) is 2.92. The largest absolute Gasteiger partial charge is 0.368 e. The van der Waals surface area contributed by atoms with Crippen LogP contribution in [-0.2, 0) is 0 Å². The smallest absolute Gasteiger partial charge is 0.326 e. The van der Waals surface area contributed by atoms with E-state index in [4.69, 9.17) is 0 Å². The van der Waals surface area contributed by atoms with Gasteiger partial charge in [0.25, 0.3) is 0 Å². The Balaban J connectivity index is 0.000000217. The molecule has 6 N–H and O–H groups in total. The Morgan fingerprint density at radius 2 is 1.58 bits per heavy atom. The summed E-state index contributed by atoms with van der Waals surface area (Å²) in [6.45, 7) is 0. The van der Waals surface area contributed by atoms with Gasteiger partial charge in [0.05, 0.1) is 0 Å². The van der Waals surface area contributed by atoms with Crippen LogP contribution in [0.2, 0.25) is 0 Å². The number of primary amides is 1. The van der Waals surface area contributed by atoms with Crippen LogP contribution < -0.4 is 22.3 Å². The van der Waals surface area contributed by atoms with E-state index in [1.54, 1.807) is 5.43 Å². The molecule has 2 amide bonds. The van der Waals surface area contributed by atoms with Gasteiger partial charge in [-0.15, -0.1) is 0 Å². The van der Waals surface area contributed by atoms with Crippen LogP contribution in [-0.4, -0.2) is 6.03 Å². The van der Waals surface area contributed by atoms with E-state index in [2.05, 4.69) is 16.9 Å². The number of carbonyl (C=O) groups is 1. The molecule has 1 heterocycles. The van der Waals surface area contributed by atoms with E-state index in [1.165, 1.54) is 0 Å². The number of hydrazine groups is 1. The molecule has 0 radical (unpaired) electrons. The van der Waals surface area contributed by atoms with Crippen LogP contribution in [0.25, 0.3) is 0 Å². The quantitative estimate of drug-likeness (QED) is 0.227. The number of urea groups is 1. The zero-order valence-corrected chi connectivity index (χ0v) is 6.53. The molecule has 1 aliphatic heterocycles. The summed E-state index contributed by atoms with van der Waals surface area (Å²) in [6, 6.07) is -0.718. The Morgan fingerprint density at radius 1 is 1.17 bits per heavy atom. The van der Waals surface area contributed by atoms with E-state index < -0.39 is 6.03 Å². The molecule has 0 aromatic carbocycles. The fourth-order valence-corrected chi connectivity index (χ4v) is 0.406. The van der Waals surface area contributed by atoms with E-state index in [-0.39, 0.29) is 0 Å². The minimum absolute atomic E-state index is 0.718. The molecule has 0 aliphatic carbocycles. The number of hydrogen-bond donors (Lipinski definition) is 4. The van der Waals surface area contributed by atoms with Crippen molar-refractivity contribution in [3.8, 4) is 0 Å². The molecule has 0 aromatic rings. The molecule has 0 spiro atoms. The van der Waals surface area contributed by atoms with Gasteiger partial charge < -0.3 is 11.1 Å². The zero-order chi connectivity index (χ0) is 9.23. The van der Waals surface area contributed by atoms with Crippen molar-refractivity contribution in [1.29, 1.82) is 0 Å². The highest BCUT2D eigenvalue weighted by atomic mass is 16.2. The molecule has 1 rings (SSSR count). The van der Waals surface area contributed by atoms with Crippen molar-refractivity contribution in [1.82, 2.24) is 10.7 Å². The summed E-state index contributed by atoms with van der Waals surface area (Å²) in [5.41, 5.74) is 6.08. The van der Waals surface area contributed by atoms with Gasteiger partial charge in [-0.3, -0.25) is 5.43 Å². The minimum Gasteiger partial charge on any atom is -0.368 e. The normalized spacial score (nSPS) is 12.1. The van der Waals surface area contributed by atoms with E-state index in [0.29, 0.717) is 0 Å². The monoisotopic (exact) mass is 168 g/mol. The molecule has 0 atom stereocenters. The predicted molar refractivity (Wildman–Crippen MR) is 47.5 cm³/mol. The summed E-state index contributed by atoms with van der Waals surface area (Å²) < 4.78 is 0. The number of rotatable bonds is 0. The summed E-state index contributed by atoms with van der Waals surface area (Å²) >= 11 is 0. The van der Waals surface area contributed by atoms with Gasteiger partial charge in [0.1, 0.15) is 0 Å². The molecular formula is C7H12N4O. The summed E-state index contributed by atoms with van der Waals surface area (Å²) in [5.74, 6) is 4.45. The Kier molecular flexibility index (Phi) is 6.29. The number of nitrogens with one attached hydrogen (secondary N) is 2. The second-order valence-corrected chi connectivity index (χ2v) is 1.78. The SMILES string of the molecule is C1=CC=CNC=C1.NNC(N)=O. The van der Waals surface area contributed by atoms with Crippen molar-refractivity contribution in [3.05, 3.63) is 36.7 Å². The third-order valence-corrected chi connectivity index (χ3v) is 0.860. The van der Waals surface area contributed by atoms with Gasteiger partial charge in [-0.1, -0.05) is 12.2 Å². The van der Waals surface area contributed by atoms with Gasteiger partial charge in [0, 0.05) is 12.4 Å². The van der Waals surface area contributed by atoms with Gasteiger partial charge in [0.15, 0.2) is 0 Å². The zero-order valence-electron chi connectivity index (χ0n) is 6.53. The molecule has 0 saturated heterocycles. The van der Waals surface area contributed by atoms with Crippen LogP contribution >= 0.6 is 0 Å². The molecule has 1 aliphatic rings. The van der Waals surface area contributed by atoms with Crippen LogP contribution in [0.15, 0.2) is 36.7 Å². The lowest BCUT2D eigenvalue weighted by atomic mass is 10.5. The lowest BCUT2D eigenvalue weighted by Gasteiger charge is -1.81. The Bertz CT molecular complexity index is 193. The maximum atomic E-state index is 9.35. The number of carbonyl (C=O) groups excluding carboxylic acids is 1. The fourth-order valence-electron chi connectivity index (χ4n) is 0.406. The van der Waals surface area contributed by atoms with Gasteiger partial charge >= 0.3 is 6.03 Å². The first kappa shape index (κ1) is 10.2. The fraction of sp³-hybridized carbons (Fsp3) is 0. The Hall–Kier alpha value is -1.75. The third kappa shape index (κ3) is 8.25. The van der Waals surface area contributed by atoms with E-state index in [9.17, 15) is 4.79 Å². The van der Waals surface area contributed by atoms with Crippen molar-refractivity contribution in [2.75, 3.05) is 0 Å². The maximum Gasteiger partial charge on any atom is 0.326 e. The molecule has 0 unspecified atom stereocenters. The highest BCUT2D eigenvalue weighted by molar-refractivity contribution is 5.70. The van der Waals surface area contributed by atoms with Crippen LogP contribution in [0.3, 0.4) is 0 Å². The second-order valence-electron chi connectivity index (χ2n) is 1.78. The first-order valence-corrected chi connectivity index (χ1v) is 3.28. The summed E-state index contributed by atoms with van der Waals surface area (Å²) in [7, 11) is 0. The summed E-state index contributed by atoms with van der Waals surface area (Å²) in [4.78, 5) is 9.35. The van der Waals surface area contributed by atoms with Crippen molar-refractivity contribution in [2.24, 2.45) is 11.6 Å². The second kappa shape index (κ2) is 7.36. The number of nitrogens with two attached hydrogens (primary N) is 2. The van der Waals surface area contributed by atoms with Crippen LogP contribution in [0, 0.1) is 0 Å². The molecule has 0 bridgehead atoms. The molecule has 0 aromatic heterocycles. The molecule has 0 fully saturated rings. The van der Waals surface area contributed by atoms with Crippen molar-refractivity contribution >= 4 is 6.03 Å². The van der Waals surface area contributed by atoms with Crippen molar-refractivity contribution in [3.63, 3.8) is 0 Å². The lowest BCUT2D eigenvalue weighted by Crippen LogP contribution is -2.34. The highest BCUT2D eigenvalue weighted by Gasteiger charge is 1.73. The lowest BCUT2D eigenvalue weighted by molar-refractivity contribution is 0.249. The number of allylic oxidation sites excluding steroid dienone is 4. The first-order valence-electron chi connectivity index (χ1n) is 3.28. The topological polar surface area (TPSA) is 93.2 Å². The van der Waals surface area contributed by atoms with Gasteiger partial charge in [0.2, 0.25) is 0 Å². The van der Waals surface area contributed by atoms with E-state index in [0.717, 1.165) is 0 Å². The minimum atomic E-state index is -0.718. The van der Waals surface area contributed by atoms with E-state index >= 15 is 0 Å². The molecule has 5 nitrogen and oxygen atoms in total. The van der Waals surface area contributed by atoms with Crippen LogP contribution in [0.1, 0.15) is 0 Å². The molecular weight excluding hydrogens is 156 g/mol. The first-order chi connectivity index (χ1) is 5.77. The molecule has 0 saturated carbocycles. The van der Waals surface area contributed by atoms with E-state index in [1.807, 2.05) is 36.7 Å². The average Bonchev–Trinajstić information content (AvgIpc) is 2.35. The Morgan fingerprint density at radius 3 is 1.92 bits per heavy atom. The molecule has 12 heavy (non-hydrogen) atoms. The highest BCUT2D eigenvalue weighted by Crippen LogP contribution is 1.81. The van der Waals surface area contributed by atoms with Crippen LogP contribution in [0.4, 0.5) is 4.79 Å². The van der Waals surface area contributed by atoms with Gasteiger partial charge in [-0.2, -0.15) is 0 Å². The van der Waals surface area contributed by atoms with Crippen molar-refractivity contribution in [2.45, 2.75) is 0 Å². The summed E-state index contributed by atoms with van der Waals surface area (Å²) in [6.07, 6.45) is 11.6. The van der Waals surface area contributed by atoms with Crippen LogP contribution in [0.5, 0.6) is 0 Å². The standard InChI is InChI=1S/C6H7N.CH5N3O/c1-2-4-6-7-5-3-1;2-1(5)4-3/h1-7H;3H2,(H3,2,4,5). The molecule has 5 heteroatoms. The van der Waals surface area contributed by atoms with Crippen molar-refractivity contribution < 1.29 is 4.79 Å². The number of amides is 2. The Labute approximate surface area is 70.8 Å². The average molecular weight is 168 g/mol. The third-order valence-electron chi connectivity index (χ3n) is 0.860. The van der Waals surface area contributed by atoms with Gasteiger partial charge in [-0.25, -0.2) is 10.6 Å². The number of hydrogen-bond acceptors (Lipinski definition) is 3. The molecule has 66 valence electrons. The predicted octanol–water partition coefficient (Wildman–Crippen LogP) is -0.298. The maximum absolute atomic E-state index is 9.35. The van der Waals surface area contributed by atoms with Gasteiger partial charge in [-0.05, 0) is 12.2 Å².